The molecular formula is C31H31ClN4O3. The van der Waals surface area contributed by atoms with E-state index in [0.717, 1.165) is 61.4 Å². The van der Waals surface area contributed by atoms with Crippen molar-refractivity contribution in [1.29, 1.82) is 0 Å². The maximum Gasteiger partial charge on any atom is 0.271 e. The molecule has 7 nitrogen and oxygen atoms in total. The first kappa shape index (κ1) is 26.7. The number of hydrazone groups is 1. The number of amides is 1. The molecule has 1 saturated heterocycles. The van der Waals surface area contributed by atoms with E-state index in [4.69, 9.17) is 16.3 Å². The van der Waals surface area contributed by atoms with Gasteiger partial charge >= 0.3 is 0 Å². The fourth-order valence-electron chi connectivity index (χ4n) is 4.70. The van der Waals surface area contributed by atoms with Crippen LogP contribution in [0.3, 0.4) is 0 Å². The summed E-state index contributed by atoms with van der Waals surface area (Å²) in [5.41, 5.74) is 5.04. The van der Waals surface area contributed by atoms with Crippen LogP contribution in [0, 0.1) is 0 Å². The van der Waals surface area contributed by atoms with E-state index in [1.54, 1.807) is 6.21 Å². The molecule has 0 atom stereocenters. The third-order valence-electron chi connectivity index (χ3n) is 6.88. The normalized spacial score (nSPS) is 14.6. The van der Waals surface area contributed by atoms with E-state index in [0.29, 0.717) is 12.2 Å². The molecule has 0 aromatic heterocycles. The predicted molar refractivity (Wildman–Crippen MR) is 156 cm³/mol. The van der Waals surface area contributed by atoms with Gasteiger partial charge in [0.25, 0.3) is 5.91 Å². The summed E-state index contributed by atoms with van der Waals surface area (Å²) in [5.74, 6) is 0.332. The fraction of sp³-hybridized carbons (Fsp3) is 0.226. The fourth-order valence-corrected chi connectivity index (χ4v) is 4.88. The Balaban J connectivity index is 1.14. The number of aromatic hydroxyl groups is 1. The standard InChI is InChI=1S/C31H31ClN4O3/c32-28-20-24(10-12-29(28)37)31(38)34-33-21-25-11-13-30(27-9-5-4-8-26(25)27)39-19-18-35-14-16-36(17-15-35)22-23-6-2-1-3-7-23/h1-13,20-21,37H,14-19,22H2,(H,34,38). The van der Waals surface area contributed by atoms with E-state index >= 15 is 0 Å². The molecule has 0 radical (unpaired) electrons. The lowest BCUT2D eigenvalue weighted by Crippen LogP contribution is -2.47. The number of halogens is 1. The van der Waals surface area contributed by atoms with Crippen LogP contribution in [0.15, 0.2) is 90.0 Å². The average Bonchev–Trinajstić information content (AvgIpc) is 2.97. The Morgan fingerprint density at radius 3 is 2.41 bits per heavy atom. The Kier molecular flexibility index (Phi) is 8.73. The lowest BCUT2D eigenvalue weighted by Gasteiger charge is -2.34. The summed E-state index contributed by atoms with van der Waals surface area (Å²) >= 11 is 5.90. The van der Waals surface area contributed by atoms with Crippen molar-refractivity contribution in [2.24, 2.45) is 5.10 Å². The third-order valence-corrected chi connectivity index (χ3v) is 7.18. The molecule has 200 valence electrons. The van der Waals surface area contributed by atoms with Gasteiger partial charge in [-0.25, -0.2) is 5.43 Å². The number of piperazine rings is 1. The molecule has 0 unspecified atom stereocenters. The van der Waals surface area contributed by atoms with E-state index in [1.165, 1.54) is 23.8 Å². The SMILES string of the molecule is O=C(NN=Cc1ccc(OCCN2CCN(Cc3ccccc3)CC2)c2ccccc12)c1ccc(O)c(Cl)c1. The van der Waals surface area contributed by atoms with Crippen LogP contribution >= 0.6 is 11.6 Å². The molecule has 0 saturated carbocycles. The zero-order valence-corrected chi connectivity index (χ0v) is 22.3. The number of phenolic OH excluding ortho intramolecular Hbond substituents is 1. The highest BCUT2D eigenvalue weighted by Gasteiger charge is 2.17. The maximum atomic E-state index is 12.4. The van der Waals surface area contributed by atoms with Gasteiger partial charge in [0.1, 0.15) is 18.1 Å². The van der Waals surface area contributed by atoms with Gasteiger partial charge < -0.3 is 9.84 Å². The Bertz CT molecular complexity index is 1450. The number of nitrogens with zero attached hydrogens (tertiary/aromatic N) is 3. The molecule has 1 heterocycles. The molecule has 1 aliphatic rings. The molecule has 1 amide bonds. The van der Waals surface area contributed by atoms with Crippen molar-refractivity contribution >= 4 is 34.5 Å². The van der Waals surface area contributed by atoms with Crippen LogP contribution < -0.4 is 10.2 Å². The summed E-state index contributed by atoms with van der Waals surface area (Å²) in [5, 5.41) is 15.7. The molecule has 4 aromatic carbocycles. The first-order chi connectivity index (χ1) is 19.1. The molecule has 8 heteroatoms. The number of hydrogen-bond acceptors (Lipinski definition) is 6. The quantitative estimate of drug-likeness (QED) is 0.226. The molecule has 4 aromatic rings. The van der Waals surface area contributed by atoms with Gasteiger partial charge in [-0.05, 0) is 41.3 Å². The monoisotopic (exact) mass is 542 g/mol. The Morgan fingerprint density at radius 1 is 0.923 bits per heavy atom. The first-order valence-electron chi connectivity index (χ1n) is 13.0. The molecule has 1 aliphatic heterocycles. The van der Waals surface area contributed by atoms with Crippen molar-refractivity contribution in [3.63, 3.8) is 0 Å². The van der Waals surface area contributed by atoms with E-state index in [-0.39, 0.29) is 10.8 Å². The second kappa shape index (κ2) is 12.8. The molecule has 5 rings (SSSR count). The highest BCUT2D eigenvalue weighted by atomic mass is 35.5. The largest absolute Gasteiger partial charge is 0.506 e. The van der Waals surface area contributed by atoms with Crippen molar-refractivity contribution < 1.29 is 14.6 Å². The Hall–Kier alpha value is -3.91. The molecule has 39 heavy (non-hydrogen) atoms. The lowest BCUT2D eigenvalue weighted by molar-refractivity contribution is 0.0955. The van der Waals surface area contributed by atoms with Crippen LogP contribution in [0.2, 0.25) is 5.02 Å². The van der Waals surface area contributed by atoms with Crippen molar-refractivity contribution in [3.8, 4) is 11.5 Å². The molecular weight excluding hydrogens is 512 g/mol. The van der Waals surface area contributed by atoms with Gasteiger partial charge in [0.2, 0.25) is 0 Å². The van der Waals surface area contributed by atoms with Crippen LogP contribution in [0.25, 0.3) is 10.8 Å². The van der Waals surface area contributed by atoms with E-state index in [1.807, 2.05) is 36.4 Å². The molecule has 0 bridgehead atoms. The van der Waals surface area contributed by atoms with Crippen LogP contribution in [0.5, 0.6) is 11.5 Å². The highest BCUT2D eigenvalue weighted by Crippen LogP contribution is 2.28. The van der Waals surface area contributed by atoms with E-state index < -0.39 is 5.91 Å². The van der Waals surface area contributed by atoms with E-state index in [9.17, 15) is 9.90 Å². The number of phenols is 1. The maximum absolute atomic E-state index is 12.4. The first-order valence-corrected chi connectivity index (χ1v) is 13.4. The van der Waals surface area contributed by atoms with Gasteiger partial charge in [0.15, 0.2) is 0 Å². The van der Waals surface area contributed by atoms with Crippen molar-refractivity contribution in [2.75, 3.05) is 39.3 Å². The molecule has 0 aliphatic carbocycles. The Labute approximate surface area is 233 Å². The van der Waals surface area contributed by atoms with Gasteiger partial charge in [-0.1, -0.05) is 66.2 Å². The molecule has 2 N–H and O–H groups in total. The summed E-state index contributed by atoms with van der Waals surface area (Å²) in [6, 6.07) is 26.8. The minimum atomic E-state index is -0.418. The summed E-state index contributed by atoms with van der Waals surface area (Å²) in [4.78, 5) is 17.3. The molecule has 1 fully saturated rings. The van der Waals surface area contributed by atoms with Crippen LogP contribution in [-0.2, 0) is 6.54 Å². The van der Waals surface area contributed by atoms with E-state index in [2.05, 4.69) is 50.7 Å². The Morgan fingerprint density at radius 2 is 1.64 bits per heavy atom. The molecule has 0 spiro atoms. The second-order valence-corrected chi connectivity index (χ2v) is 9.92. The minimum absolute atomic E-state index is 0.0769. The zero-order chi connectivity index (χ0) is 27.0. The number of rotatable bonds is 9. The number of nitrogens with one attached hydrogen (secondary N) is 1. The summed E-state index contributed by atoms with van der Waals surface area (Å²) in [6.45, 7) is 6.68. The summed E-state index contributed by atoms with van der Waals surface area (Å²) in [6.07, 6.45) is 1.61. The lowest BCUT2D eigenvalue weighted by atomic mass is 10.0. The number of ether oxygens (including phenoxy) is 1. The van der Waals surface area contributed by atoms with Crippen molar-refractivity contribution in [3.05, 3.63) is 107 Å². The van der Waals surface area contributed by atoms with Gasteiger partial charge in [-0.15, -0.1) is 0 Å². The predicted octanol–water partition coefficient (Wildman–Crippen LogP) is 5.16. The number of benzene rings is 4. The number of hydrogen-bond donors (Lipinski definition) is 2. The van der Waals surface area contributed by atoms with Crippen LogP contribution in [-0.4, -0.2) is 66.4 Å². The van der Waals surface area contributed by atoms with Crippen molar-refractivity contribution in [2.45, 2.75) is 6.54 Å². The van der Waals surface area contributed by atoms with Crippen LogP contribution in [0.1, 0.15) is 21.5 Å². The summed E-state index contributed by atoms with van der Waals surface area (Å²) < 4.78 is 6.22. The third kappa shape index (κ3) is 6.95. The van der Waals surface area contributed by atoms with Gasteiger partial charge in [0.05, 0.1) is 11.2 Å². The number of carbonyl (C=O) groups excluding carboxylic acids is 1. The number of carbonyl (C=O) groups is 1. The van der Waals surface area contributed by atoms with Gasteiger partial charge in [0, 0.05) is 55.8 Å². The highest BCUT2D eigenvalue weighted by molar-refractivity contribution is 6.32. The minimum Gasteiger partial charge on any atom is -0.506 e. The second-order valence-electron chi connectivity index (χ2n) is 9.52. The van der Waals surface area contributed by atoms with Gasteiger partial charge in [-0.2, -0.15) is 5.10 Å². The zero-order valence-electron chi connectivity index (χ0n) is 21.6. The smallest absolute Gasteiger partial charge is 0.271 e. The van der Waals surface area contributed by atoms with Crippen LogP contribution in [0.4, 0.5) is 0 Å². The topological polar surface area (TPSA) is 77.4 Å². The van der Waals surface area contributed by atoms with Crippen molar-refractivity contribution in [1.82, 2.24) is 15.2 Å². The van der Waals surface area contributed by atoms with Gasteiger partial charge in [-0.3, -0.25) is 14.6 Å². The summed E-state index contributed by atoms with van der Waals surface area (Å²) in [7, 11) is 0. The average molecular weight is 543 g/mol. The number of fused-ring (bicyclic) bond motifs is 1.